The van der Waals surface area contributed by atoms with Gasteiger partial charge in [0.25, 0.3) is 0 Å². The van der Waals surface area contributed by atoms with Gasteiger partial charge in [0, 0.05) is 23.0 Å². The van der Waals surface area contributed by atoms with Crippen LogP contribution in [-0.2, 0) is 6.54 Å². The van der Waals surface area contributed by atoms with E-state index in [1.54, 1.807) is 17.5 Å². The highest BCUT2D eigenvalue weighted by Gasteiger charge is 2.23. The molecular weight excluding hydrogens is 288 g/mol. The van der Waals surface area contributed by atoms with Crippen molar-refractivity contribution in [1.29, 1.82) is 0 Å². The minimum atomic E-state index is -0.334. The summed E-state index contributed by atoms with van der Waals surface area (Å²) in [6.45, 7) is 2.97. The molecule has 4 rings (SSSR count). The van der Waals surface area contributed by atoms with Gasteiger partial charge in [-0.2, -0.15) is 0 Å². The minimum absolute atomic E-state index is 0.334. The number of hydrogen-bond acceptors (Lipinski definition) is 6. The van der Waals surface area contributed by atoms with Crippen molar-refractivity contribution in [2.45, 2.75) is 13.5 Å². The molecule has 6 heteroatoms. The van der Waals surface area contributed by atoms with Crippen LogP contribution in [-0.4, -0.2) is 11.7 Å². The van der Waals surface area contributed by atoms with Crippen molar-refractivity contribution >= 4 is 27.4 Å². The summed E-state index contributed by atoms with van der Waals surface area (Å²) < 4.78 is 11.2. The molecule has 0 N–H and O–H groups in total. The van der Waals surface area contributed by atoms with Crippen LogP contribution < -0.4 is 15.3 Å². The highest BCUT2D eigenvalue weighted by Crippen LogP contribution is 2.34. The van der Waals surface area contributed by atoms with Crippen LogP contribution in [0.4, 0.5) is 5.13 Å². The van der Waals surface area contributed by atoms with Gasteiger partial charge < -0.3 is 14.1 Å². The Morgan fingerprint density at radius 1 is 1.38 bits per heavy atom. The van der Waals surface area contributed by atoms with Gasteiger partial charge in [-0.3, -0.25) is 0 Å². The van der Waals surface area contributed by atoms with Gasteiger partial charge >= 0.3 is 5.63 Å². The monoisotopic (exact) mass is 300 g/mol. The predicted octanol–water partition coefficient (Wildman–Crippen LogP) is 2.91. The van der Waals surface area contributed by atoms with E-state index >= 15 is 0 Å². The highest BCUT2D eigenvalue weighted by atomic mass is 32.1. The molecule has 5 nitrogen and oxygen atoms in total. The average molecular weight is 300 g/mol. The minimum Gasteiger partial charge on any atom is -0.473 e. The zero-order valence-electron chi connectivity index (χ0n) is 11.3. The Morgan fingerprint density at radius 3 is 3.10 bits per heavy atom. The maximum absolute atomic E-state index is 11.7. The SMILES string of the molecule is Cc1cc(=O)oc2c3c(ccc12)OCN(c1nccs1)C3. The van der Waals surface area contributed by atoms with Crippen LogP contribution in [0, 0.1) is 6.92 Å². The Hall–Kier alpha value is -2.34. The van der Waals surface area contributed by atoms with Gasteiger partial charge in [-0.05, 0) is 24.6 Å². The van der Waals surface area contributed by atoms with Gasteiger partial charge in [0.15, 0.2) is 11.9 Å². The highest BCUT2D eigenvalue weighted by molar-refractivity contribution is 7.13. The van der Waals surface area contributed by atoms with Crippen LogP contribution in [0.2, 0.25) is 0 Å². The lowest BCUT2D eigenvalue weighted by atomic mass is 10.1. The third-order valence-corrected chi connectivity index (χ3v) is 4.43. The Bertz CT molecular complexity index is 871. The lowest BCUT2D eigenvalue weighted by Crippen LogP contribution is -2.32. The third-order valence-electron chi connectivity index (χ3n) is 3.59. The number of anilines is 1. The molecule has 0 aliphatic carbocycles. The van der Waals surface area contributed by atoms with E-state index in [0.717, 1.165) is 27.4 Å². The third kappa shape index (κ3) is 1.99. The molecule has 3 heterocycles. The van der Waals surface area contributed by atoms with Crippen molar-refractivity contribution in [2.75, 3.05) is 11.6 Å². The fourth-order valence-electron chi connectivity index (χ4n) is 2.59. The second kappa shape index (κ2) is 4.60. The van der Waals surface area contributed by atoms with Crippen LogP contribution in [0.15, 0.2) is 39.0 Å². The molecule has 0 spiro atoms. The Labute approximate surface area is 124 Å². The number of nitrogens with zero attached hydrogens (tertiary/aromatic N) is 2. The first-order valence-electron chi connectivity index (χ1n) is 6.56. The van der Waals surface area contributed by atoms with Gasteiger partial charge in [0.05, 0.1) is 12.1 Å². The molecule has 1 aliphatic heterocycles. The van der Waals surface area contributed by atoms with Gasteiger partial charge in [0.1, 0.15) is 11.3 Å². The molecule has 0 amide bonds. The molecule has 0 bridgehead atoms. The zero-order chi connectivity index (χ0) is 14.4. The summed E-state index contributed by atoms with van der Waals surface area (Å²) in [5.74, 6) is 0.768. The van der Waals surface area contributed by atoms with Crippen LogP contribution >= 0.6 is 11.3 Å². The maximum Gasteiger partial charge on any atom is 0.336 e. The summed E-state index contributed by atoms with van der Waals surface area (Å²) in [5.41, 5.74) is 2.09. The molecule has 1 aromatic carbocycles. The summed E-state index contributed by atoms with van der Waals surface area (Å²) in [5, 5.41) is 3.77. The number of ether oxygens (including phenoxy) is 1. The molecule has 0 unspecified atom stereocenters. The van der Waals surface area contributed by atoms with Crippen molar-refractivity contribution in [3.63, 3.8) is 0 Å². The normalized spacial score (nSPS) is 14.0. The average Bonchev–Trinajstić information content (AvgIpc) is 3.00. The molecule has 106 valence electrons. The standard InChI is InChI=1S/C15H12N2O3S/c1-9-6-13(18)20-14-10(9)2-3-12-11(14)7-17(8-19-12)15-16-4-5-21-15/h2-6H,7-8H2,1H3. The van der Waals surface area contributed by atoms with Crippen molar-refractivity contribution in [3.8, 4) is 5.75 Å². The number of rotatable bonds is 1. The molecule has 0 saturated heterocycles. The second-order valence-corrected chi connectivity index (χ2v) is 5.83. The van der Waals surface area contributed by atoms with Gasteiger partial charge in [-0.1, -0.05) is 0 Å². The van der Waals surface area contributed by atoms with E-state index in [2.05, 4.69) is 4.98 Å². The molecule has 0 saturated carbocycles. The summed E-state index contributed by atoms with van der Waals surface area (Å²) in [6, 6.07) is 5.38. The van der Waals surface area contributed by atoms with Crippen LogP contribution in [0.5, 0.6) is 5.75 Å². The molecule has 1 aliphatic rings. The van der Waals surface area contributed by atoms with E-state index < -0.39 is 0 Å². The quantitative estimate of drug-likeness (QED) is 0.647. The largest absolute Gasteiger partial charge is 0.473 e. The second-order valence-electron chi connectivity index (χ2n) is 4.95. The summed E-state index contributed by atoms with van der Waals surface area (Å²) in [6.07, 6.45) is 1.77. The number of aryl methyl sites for hydroxylation is 1. The van der Waals surface area contributed by atoms with E-state index in [4.69, 9.17) is 9.15 Å². The number of fused-ring (bicyclic) bond motifs is 3. The van der Waals surface area contributed by atoms with Crippen LogP contribution in [0.25, 0.3) is 11.0 Å². The van der Waals surface area contributed by atoms with Crippen LogP contribution in [0.1, 0.15) is 11.1 Å². The predicted molar refractivity (Wildman–Crippen MR) is 81.0 cm³/mol. The molecule has 0 fully saturated rings. The fourth-order valence-corrected chi connectivity index (χ4v) is 3.22. The van der Waals surface area contributed by atoms with Crippen molar-refractivity contribution < 1.29 is 9.15 Å². The molecule has 2 aromatic heterocycles. The van der Waals surface area contributed by atoms with Gasteiger partial charge in [-0.15, -0.1) is 11.3 Å². The summed E-state index contributed by atoms with van der Waals surface area (Å²) in [7, 11) is 0. The van der Waals surface area contributed by atoms with E-state index in [0.29, 0.717) is 18.9 Å². The summed E-state index contributed by atoms with van der Waals surface area (Å²) >= 11 is 1.56. The number of thiazole rings is 1. The molecule has 3 aromatic rings. The molecule has 0 atom stereocenters. The Balaban J connectivity index is 1.89. The zero-order valence-corrected chi connectivity index (χ0v) is 12.1. The topological polar surface area (TPSA) is 55.6 Å². The first kappa shape index (κ1) is 12.4. The van der Waals surface area contributed by atoms with Gasteiger partial charge in [-0.25, -0.2) is 9.78 Å². The lowest BCUT2D eigenvalue weighted by molar-refractivity contribution is 0.289. The number of benzene rings is 1. The first-order chi connectivity index (χ1) is 10.2. The van der Waals surface area contributed by atoms with E-state index in [1.165, 1.54) is 6.07 Å². The van der Waals surface area contributed by atoms with Crippen molar-refractivity contribution in [2.24, 2.45) is 0 Å². The Kier molecular flexibility index (Phi) is 2.71. The molecule has 0 radical (unpaired) electrons. The van der Waals surface area contributed by atoms with E-state index in [9.17, 15) is 4.79 Å². The van der Waals surface area contributed by atoms with Gasteiger partial charge in [0.2, 0.25) is 0 Å². The number of aromatic nitrogens is 1. The van der Waals surface area contributed by atoms with E-state index in [-0.39, 0.29) is 5.63 Å². The Morgan fingerprint density at radius 2 is 2.29 bits per heavy atom. The first-order valence-corrected chi connectivity index (χ1v) is 7.44. The van der Waals surface area contributed by atoms with Crippen molar-refractivity contribution in [1.82, 2.24) is 4.98 Å². The maximum atomic E-state index is 11.7. The summed E-state index contributed by atoms with van der Waals surface area (Å²) in [4.78, 5) is 18.0. The fraction of sp³-hybridized carbons (Fsp3) is 0.200. The lowest BCUT2D eigenvalue weighted by Gasteiger charge is -2.28. The van der Waals surface area contributed by atoms with Crippen molar-refractivity contribution in [3.05, 3.63) is 51.3 Å². The van der Waals surface area contributed by atoms with Crippen LogP contribution in [0.3, 0.4) is 0 Å². The van der Waals surface area contributed by atoms with E-state index in [1.807, 2.05) is 29.3 Å². The molecule has 21 heavy (non-hydrogen) atoms. The smallest absolute Gasteiger partial charge is 0.336 e. The molecular formula is C15H12N2O3S. The number of hydrogen-bond donors (Lipinski definition) is 0.